The maximum absolute atomic E-state index is 12.3. The van der Waals surface area contributed by atoms with Crippen LogP contribution < -0.4 is 14.8 Å². The number of carbonyl (C=O) groups is 1. The highest BCUT2D eigenvalue weighted by Gasteiger charge is 2.23. The fourth-order valence-electron chi connectivity index (χ4n) is 1.69. The first-order valence-electron chi connectivity index (χ1n) is 6.92. The largest absolute Gasteiger partial charge is 0.492 e. The molecule has 0 aliphatic carbocycles. The zero-order chi connectivity index (χ0) is 16.9. The molecule has 1 rings (SSSR count). The summed E-state index contributed by atoms with van der Waals surface area (Å²) in [6.07, 6.45) is 0. The van der Waals surface area contributed by atoms with E-state index in [-0.39, 0.29) is 16.0 Å². The summed E-state index contributed by atoms with van der Waals surface area (Å²) in [4.78, 5) is 11.8. The van der Waals surface area contributed by atoms with E-state index in [1.807, 2.05) is 0 Å². The van der Waals surface area contributed by atoms with Crippen LogP contribution in [0.4, 0.5) is 0 Å². The van der Waals surface area contributed by atoms with Crippen LogP contribution in [-0.4, -0.2) is 33.0 Å². The van der Waals surface area contributed by atoms with Gasteiger partial charge in [-0.05, 0) is 45.9 Å². The lowest BCUT2D eigenvalue weighted by atomic mass is 10.3. The van der Waals surface area contributed by atoms with Crippen molar-refractivity contribution in [3.05, 3.63) is 23.2 Å². The Labute approximate surface area is 136 Å². The summed E-state index contributed by atoms with van der Waals surface area (Å²) < 4.78 is 32.1. The number of benzene rings is 1. The first-order valence-corrected chi connectivity index (χ1v) is 8.78. The Morgan fingerprint density at radius 3 is 2.45 bits per heavy atom. The molecule has 0 radical (unpaired) electrons. The monoisotopic (exact) mass is 348 g/mol. The number of nitrogens with one attached hydrogen (secondary N) is 2. The van der Waals surface area contributed by atoms with Crippen molar-refractivity contribution < 1.29 is 17.9 Å². The van der Waals surface area contributed by atoms with Gasteiger partial charge in [0.15, 0.2) is 0 Å². The second kappa shape index (κ2) is 7.80. The molecule has 0 spiro atoms. The van der Waals surface area contributed by atoms with Crippen molar-refractivity contribution in [2.24, 2.45) is 0 Å². The number of hydrogen-bond acceptors (Lipinski definition) is 4. The zero-order valence-corrected chi connectivity index (χ0v) is 14.6. The standard InChI is InChI=1S/C14H21ClN2O4S/c1-5-21-13-7-6-11(8-12(13)15)22(19,20)17-10(4)14(18)16-9(2)3/h6-10,17H,5H2,1-4H3,(H,16,18)/t10-/m1/s1. The van der Waals surface area contributed by atoms with Gasteiger partial charge in [-0.15, -0.1) is 0 Å². The van der Waals surface area contributed by atoms with Crippen LogP contribution in [0.2, 0.25) is 5.02 Å². The SMILES string of the molecule is CCOc1ccc(S(=O)(=O)N[C@H](C)C(=O)NC(C)C)cc1Cl. The van der Waals surface area contributed by atoms with Gasteiger partial charge in [-0.25, -0.2) is 8.42 Å². The first-order chi connectivity index (χ1) is 10.2. The number of halogens is 1. The molecule has 0 saturated carbocycles. The normalized spacial score (nSPS) is 13.0. The van der Waals surface area contributed by atoms with Crippen LogP contribution in [0.3, 0.4) is 0 Å². The fourth-order valence-corrected chi connectivity index (χ4v) is 3.21. The molecule has 0 aromatic heterocycles. The van der Waals surface area contributed by atoms with Crippen LogP contribution in [0.15, 0.2) is 23.1 Å². The molecule has 0 unspecified atom stereocenters. The molecule has 1 aromatic rings. The highest BCUT2D eigenvalue weighted by Crippen LogP contribution is 2.27. The van der Waals surface area contributed by atoms with E-state index in [2.05, 4.69) is 10.0 Å². The molecule has 1 amide bonds. The van der Waals surface area contributed by atoms with Crippen molar-refractivity contribution in [2.45, 2.75) is 44.7 Å². The smallest absolute Gasteiger partial charge is 0.241 e. The summed E-state index contributed by atoms with van der Waals surface area (Å²) in [5.74, 6) is 0.0179. The van der Waals surface area contributed by atoms with E-state index in [9.17, 15) is 13.2 Å². The lowest BCUT2D eigenvalue weighted by Crippen LogP contribution is -2.46. The quantitative estimate of drug-likeness (QED) is 0.788. The van der Waals surface area contributed by atoms with Gasteiger partial charge in [0.1, 0.15) is 5.75 Å². The third-order valence-corrected chi connectivity index (χ3v) is 4.50. The van der Waals surface area contributed by atoms with E-state index in [1.165, 1.54) is 25.1 Å². The van der Waals surface area contributed by atoms with Gasteiger partial charge in [-0.1, -0.05) is 11.6 Å². The molecular formula is C14H21ClN2O4S. The van der Waals surface area contributed by atoms with E-state index in [0.29, 0.717) is 12.4 Å². The van der Waals surface area contributed by atoms with Crippen molar-refractivity contribution in [1.82, 2.24) is 10.0 Å². The number of rotatable bonds is 7. The molecule has 8 heteroatoms. The predicted molar refractivity (Wildman–Crippen MR) is 85.7 cm³/mol. The number of carbonyl (C=O) groups excluding carboxylic acids is 1. The second-order valence-electron chi connectivity index (χ2n) is 5.03. The molecule has 1 atom stereocenters. The highest BCUT2D eigenvalue weighted by atomic mass is 35.5. The van der Waals surface area contributed by atoms with Gasteiger partial charge in [0.2, 0.25) is 15.9 Å². The summed E-state index contributed by atoms with van der Waals surface area (Å²) in [6, 6.07) is 3.20. The maximum atomic E-state index is 12.3. The Morgan fingerprint density at radius 1 is 1.32 bits per heavy atom. The van der Waals surface area contributed by atoms with Gasteiger partial charge >= 0.3 is 0 Å². The van der Waals surface area contributed by atoms with E-state index in [1.54, 1.807) is 20.8 Å². The Kier molecular flexibility index (Phi) is 6.65. The molecule has 0 fully saturated rings. The number of amides is 1. The van der Waals surface area contributed by atoms with Crippen molar-refractivity contribution >= 4 is 27.5 Å². The molecule has 0 bridgehead atoms. The van der Waals surface area contributed by atoms with Crippen molar-refractivity contribution in [2.75, 3.05) is 6.61 Å². The molecular weight excluding hydrogens is 328 g/mol. The lowest BCUT2D eigenvalue weighted by molar-refractivity contribution is -0.122. The third kappa shape index (κ3) is 5.15. The Hall–Kier alpha value is -1.31. The van der Waals surface area contributed by atoms with Gasteiger partial charge in [0, 0.05) is 6.04 Å². The van der Waals surface area contributed by atoms with Crippen molar-refractivity contribution in [1.29, 1.82) is 0 Å². The number of hydrogen-bond donors (Lipinski definition) is 2. The van der Waals surface area contributed by atoms with E-state index in [0.717, 1.165) is 0 Å². The van der Waals surface area contributed by atoms with E-state index >= 15 is 0 Å². The molecule has 1 aromatic carbocycles. The Bertz CT molecular complexity index is 632. The van der Waals surface area contributed by atoms with Gasteiger partial charge in [-0.2, -0.15) is 4.72 Å². The first kappa shape index (κ1) is 18.7. The second-order valence-corrected chi connectivity index (χ2v) is 7.15. The number of ether oxygens (including phenoxy) is 1. The third-order valence-electron chi connectivity index (χ3n) is 2.67. The minimum Gasteiger partial charge on any atom is -0.492 e. The van der Waals surface area contributed by atoms with Crippen molar-refractivity contribution in [3.8, 4) is 5.75 Å². The van der Waals surface area contributed by atoms with Gasteiger partial charge in [-0.3, -0.25) is 4.79 Å². The maximum Gasteiger partial charge on any atom is 0.241 e. The zero-order valence-electron chi connectivity index (χ0n) is 13.0. The fraction of sp³-hybridized carbons (Fsp3) is 0.500. The summed E-state index contributed by atoms with van der Waals surface area (Å²) >= 11 is 5.99. The summed E-state index contributed by atoms with van der Waals surface area (Å²) in [7, 11) is -3.85. The van der Waals surface area contributed by atoms with Crippen LogP contribution in [0.25, 0.3) is 0 Å². The molecule has 2 N–H and O–H groups in total. The van der Waals surface area contributed by atoms with Crippen LogP contribution in [0, 0.1) is 0 Å². The molecule has 22 heavy (non-hydrogen) atoms. The average molecular weight is 349 g/mol. The van der Waals surface area contributed by atoms with E-state index in [4.69, 9.17) is 16.3 Å². The van der Waals surface area contributed by atoms with Gasteiger partial charge in [0.25, 0.3) is 0 Å². The summed E-state index contributed by atoms with van der Waals surface area (Å²) in [5, 5.41) is 2.84. The Morgan fingerprint density at radius 2 is 1.95 bits per heavy atom. The van der Waals surface area contributed by atoms with Crippen LogP contribution >= 0.6 is 11.6 Å². The van der Waals surface area contributed by atoms with Crippen molar-refractivity contribution in [3.63, 3.8) is 0 Å². The van der Waals surface area contributed by atoms with Crippen LogP contribution in [0.5, 0.6) is 5.75 Å². The Balaban J connectivity index is 2.90. The molecule has 0 saturated heterocycles. The molecule has 6 nitrogen and oxygen atoms in total. The minimum absolute atomic E-state index is 0.0230. The summed E-state index contributed by atoms with van der Waals surface area (Å²) in [5.41, 5.74) is 0. The topological polar surface area (TPSA) is 84.5 Å². The highest BCUT2D eigenvalue weighted by molar-refractivity contribution is 7.89. The molecule has 0 heterocycles. The number of sulfonamides is 1. The van der Waals surface area contributed by atoms with Gasteiger partial charge < -0.3 is 10.1 Å². The summed E-state index contributed by atoms with van der Waals surface area (Å²) in [6.45, 7) is 7.30. The molecule has 124 valence electrons. The minimum atomic E-state index is -3.85. The lowest BCUT2D eigenvalue weighted by Gasteiger charge is -2.16. The molecule has 0 aliphatic heterocycles. The van der Waals surface area contributed by atoms with Crippen LogP contribution in [0.1, 0.15) is 27.7 Å². The average Bonchev–Trinajstić information content (AvgIpc) is 2.39. The molecule has 0 aliphatic rings. The predicted octanol–water partition coefficient (Wildman–Crippen LogP) is 1.93. The van der Waals surface area contributed by atoms with E-state index < -0.39 is 22.0 Å². The van der Waals surface area contributed by atoms with Gasteiger partial charge in [0.05, 0.1) is 22.6 Å². The van der Waals surface area contributed by atoms with Crippen LogP contribution in [-0.2, 0) is 14.8 Å².